The minimum absolute atomic E-state index is 0.0203. The summed E-state index contributed by atoms with van der Waals surface area (Å²) in [6, 6.07) is 15.6. The van der Waals surface area contributed by atoms with Crippen molar-refractivity contribution in [2.75, 3.05) is 5.73 Å². The van der Waals surface area contributed by atoms with E-state index in [2.05, 4.69) is 38.1 Å². The average Bonchev–Trinajstić information content (AvgIpc) is 3.07. The van der Waals surface area contributed by atoms with E-state index in [0.29, 0.717) is 6.61 Å². The molecule has 3 aromatic rings. The molecule has 8 nitrogen and oxygen atoms in total. The summed E-state index contributed by atoms with van der Waals surface area (Å²) in [5, 5.41) is 14.8. The fourth-order valence-electron chi connectivity index (χ4n) is 2.20. The van der Waals surface area contributed by atoms with Gasteiger partial charge in [0, 0.05) is 0 Å². The van der Waals surface area contributed by atoms with Gasteiger partial charge in [-0.3, -0.25) is 0 Å². The lowest BCUT2D eigenvalue weighted by atomic mass is 10.1. The first kappa shape index (κ1) is 17.2. The molecule has 4 N–H and O–H groups in total. The molecule has 0 aliphatic rings. The third-order valence-corrected chi connectivity index (χ3v) is 3.64. The molecule has 2 aromatic carbocycles. The Labute approximate surface area is 150 Å². The van der Waals surface area contributed by atoms with Crippen LogP contribution in [0, 0.1) is 6.92 Å². The Hall–Kier alpha value is -3.68. The summed E-state index contributed by atoms with van der Waals surface area (Å²) in [4.78, 5) is 0. The molecule has 0 aliphatic heterocycles. The first-order valence-corrected chi connectivity index (χ1v) is 7.86. The molecule has 0 unspecified atom stereocenters. The van der Waals surface area contributed by atoms with Gasteiger partial charge in [0.15, 0.2) is 17.3 Å². The molecule has 1 aromatic heterocycles. The molecule has 1 heterocycles. The van der Waals surface area contributed by atoms with Crippen LogP contribution in [-0.2, 0) is 6.61 Å². The Kier molecular flexibility index (Phi) is 5.23. The second-order valence-electron chi connectivity index (χ2n) is 5.52. The number of nitrogens with two attached hydrogens (primary N) is 2. The smallest absolute Gasteiger partial charge is 0.199 e. The van der Waals surface area contributed by atoms with Gasteiger partial charge in [-0.15, -0.1) is 5.10 Å². The molecular weight excluding hydrogens is 332 g/mol. The molecule has 0 saturated heterocycles. The summed E-state index contributed by atoms with van der Waals surface area (Å²) in [7, 11) is 0. The van der Waals surface area contributed by atoms with Crippen LogP contribution in [0.15, 0.2) is 63.4 Å². The number of amidine groups is 1. The molecule has 0 atom stereocenters. The van der Waals surface area contributed by atoms with Gasteiger partial charge in [0.1, 0.15) is 12.4 Å². The lowest BCUT2D eigenvalue weighted by Gasteiger charge is -2.08. The Bertz CT molecular complexity index is 948. The fraction of sp³-hybridized carbons (Fsp3) is 0.111. The zero-order valence-electron chi connectivity index (χ0n) is 14.2. The second kappa shape index (κ2) is 7.93. The summed E-state index contributed by atoms with van der Waals surface area (Å²) >= 11 is 0. The molecule has 8 heteroatoms. The second-order valence-corrected chi connectivity index (χ2v) is 5.52. The maximum absolute atomic E-state index is 5.85. The molecular formula is C18H18N6O2. The quantitative estimate of drug-likeness (QED) is 0.399. The van der Waals surface area contributed by atoms with Gasteiger partial charge < -0.3 is 16.2 Å². The fourth-order valence-corrected chi connectivity index (χ4v) is 2.20. The van der Waals surface area contributed by atoms with Crippen molar-refractivity contribution in [2.45, 2.75) is 13.5 Å². The van der Waals surface area contributed by atoms with Crippen LogP contribution in [0.1, 0.15) is 22.4 Å². The number of rotatable bonds is 6. The van der Waals surface area contributed by atoms with Crippen molar-refractivity contribution in [1.29, 1.82) is 0 Å². The topological polar surface area (TPSA) is 125 Å². The van der Waals surface area contributed by atoms with Crippen LogP contribution in [-0.4, -0.2) is 22.4 Å². The van der Waals surface area contributed by atoms with E-state index in [9.17, 15) is 0 Å². The molecule has 0 radical (unpaired) electrons. The van der Waals surface area contributed by atoms with Gasteiger partial charge in [-0.05, 0) is 46.1 Å². The number of hydrogen-bond donors (Lipinski definition) is 2. The first-order valence-electron chi connectivity index (χ1n) is 7.86. The normalized spacial score (nSPS) is 11.8. The maximum atomic E-state index is 5.85. The summed E-state index contributed by atoms with van der Waals surface area (Å²) in [5.41, 5.74) is 14.6. The van der Waals surface area contributed by atoms with Gasteiger partial charge in [0.2, 0.25) is 0 Å². The Morgan fingerprint density at radius 3 is 2.81 bits per heavy atom. The molecule has 0 amide bonds. The Morgan fingerprint density at radius 2 is 2.04 bits per heavy atom. The highest BCUT2D eigenvalue weighted by Crippen LogP contribution is 2.16. The number of nitrogen functional groups attached to an aromatic ring is 1. The van der Waals surface area contributed by atoms with E-state index < -0.39 is 0 Å². The van der Waals surface area contributed by atoms with E-state index in [4.69, 9.17) is 16.2 Å². The van der Waals surface area contributed by atoms with Crippen molar-refractivity contribution in [3.05, 3.63) is 70.9 Å². The van der Waals surface area contributed by atoms with E-state index in [1.807, 2.05) is 42.5 Å². The molecule has 0 aliphatic carbocycles. The molecule has 0 spiro atoms. The SMILES string of the molecule is Cc1ccccc1COc1cccc(/C=N\N=C(\N)c2nonc2N)c1. The lowest BCUT2D eigenvalue weighted by molar-refractivity contribution is 0.305. The van der Waals surface area contributed by atoms with Crippen LogP contribution >= 0.6 is 0 Å². The van der Waals surface area contributed by atoms with Crippen LogP contribution in [0.3, 0.4) is 0 Å². The van der Waals surface area contributed by atoms with E-state index in [1.165, 1.54) is 5.56 Å². The first-order chi connectivity index (χ1) is 12.6. The summed E-state index contributed by atoms with van der Waals surface area (Å²) < 4.78 is 10.3. The summed E-state index contributed by atoms with van der Waals surface area (Å²) in [5.74, 6) is 0.819. The highest BCUT2D eigenvalue weighted by atomic mass is 16.6. The number of benzene rings is 2. The standard InChI is InChI=1S/C18H18N6O2/c1-12-5-2-3-7-14(12)11-25-15-8-4-6-13(9-15)10-21-22-17(19)16-18(20)24-26-23-16/h2-10H,11H2,1H3,(H2,19,22)(H2,20,24)/b21-10-. The van der Waals surface area contributed by atoms with Crippen molar-refractivity contribution >= 4 is 17.9 Å². The van der Waals surface area contributed by atoms with Gasteiger partial charge in [-0.2, -0.15) is 5.10 Å². The van der Waals surface area contributed by atoms with Crippen molar-refractivity contribution in [2.24, 2.45) is 15.9 Å². The lowest BCUT2D eigenvalue weighted by Crippen LogP contribution is -2.15. The number of aryl methyl sites for hydroxylation is 1. The predicted molar refractivity (Wildman–Crippen MR) is 99.0 cm³/mol. The molecule has 3 rings (SSSR count). The highest BCUT2D eigenvalue weighted by molar-refractivity contribution is 5.99. The van der Waals surface area contributed by atoms with Crippen molar-refractivity contribution in [1.82, 2.24) is 10.3 Å². The summed E-state index contributed by atoms with van der Waals surface area (Å²) in [6.07, 6.45) is 1.55. The third-order valence-electron chi connectivity index (χ3n) is 3.64. The molecule has 0 fully saturated rings. The third kappa shape index (κ3) is 4.23. The number of hydrogen-bond acceptors (Lipinski definition) is 7. The zero-order chi connectivity index (χ0) is 18.4. The molecule has 0 saturated carbocycles. The molecule has 0 bridgehead atoms. The van der Waals surface area contributed by atoms with Crippen LogP contribution in [0.5, 0.6) is 5.75 Å². The van der Waals surface area contributed by atoms with Crippen LogP contribution in [0.25, 0.3) is 0 Å². The maximum Gasteiger partial charge on any atom is 0.199 e. The van der Waals surface area contributed by atoms with Crippen molar-refractivity contribution in [3.63, 3.8) is 0 Å². The van der Waals surface area contributed by atoms with Crippen LogP contribution in [0.4, 0.5) is 5.82 Å². The minimum Gasteiger partial charge on any atom is -0.489 e. The predicted octanol–water partition coefficient (Wildman–Crippen LogP) is 2.28. The van der Waals surface area contributed by atoms with E-state index in [1.54, 1.807) is 6.21 Å². The number of ether oxygens (including phenoxy) is 1. The van der Waals surface area contributed by atoms with E-state index in [-0.39, 0.29) is 17.3 Å². The van der Waals surface area contributed by atoms with E-state index >= 15 is 0 Å². The zero-order valence-corrected chi connectivity index (χ0v) is 14.2. The average molecular weight is 350 g/mol. The Balaban J connectivity index is 1.65. The van der Waals surface area contributed by atoms with Gasteiger partial charge >= 0.3 is 0 Å². The van der Waals surface area contributed by atoms with Crippen molar-refractivity contribution in [3.8, 4) is 5.75 Å². The van der Waals surface area contributed by atoms with E-state index in [0.717, 1.165) is 16.9 Å². The molecule has 132 valence electrons. The molecule has 26 heavy (non-hydrogen) atoms. The number of nitrogens with zero attached hydrogens (tertiary/aromatic N) is 4. The van der Waals surface area contributed by atoms with Gasteiger partial charge in [0.25, 0.3) is 0 Å². The number of aromatic nitrogens is 2. The number of anilines is 1. The van der Waals surface area contributed by atoms with Gasteiger partial charge in [-0.25, -0.2) is 4.63 Å². The van der Waals surface area contributed by atoms with Gasteiger partial charge in [-0.1, -0.05) is 36.4 Å². The van der Waals surface area contributed by atoms with Crippen LogP contribution < -0.4 is 16.2 Å². The van der Waals surface area contributed by atoms with Crippen molar-refractivity contribution < 1.29 is 9.37 Å². The minimum atomic E-state index is 0.0203. The Morgan fingerprint density at radius 1 is 1.19 bits per heavy atom. The van der Waals surface area contributed by atoms with Crippen LogP contribution in [0.2, 0.25) is 0 Å². The van der Waals surface area contributed by atoms with Gasteiger partial charge in [0.05, 0.1) is 6.21 Å². The largest absolute Gasteiger partial charge is 0.489 e. The monoisotopic (exact) mass is 350 g/mol. The highest BCUT2D eigenvalue weighted by Gasteiger charge is 2.09. The summed E-state index contributed by atoms with van der Waals surface area (Å²) in [6.45, 7) is 2.55.